The fourth-order valence-electron chi connectivity index (χ4n) is 1.75. The van der Waals surface area contributed by atoms with E-state index in [1.165, 1.54) is 5.56 Å². The Bertz CT molecular complexity index is 310. The lowest BCUT2D eigenvalue weighted by Crippen LogP contribution is -1.96. The van der Waals surface area contributed by atoms with E-state index >= 15 is 0 Å². The molecule has 0 saturated carbocycles. The molecular weight excluding hydrogens is 204 g/mol. The zero-order valence-electron chi connectivity index (χ0n) is 10.0. The highest BCUT2D eigenvalue weighted by molar-refractivity contribution is 5.46. The standard InChI is InChI=1S/C13H20O3/c1-15-12-9-6-8-11(13(12)16-2)7-4-3-5-10-14/h6,8-9,14H,3-5,7,10H2,1-2H3. The number of aryl methyl sites for hydroxylation is 1. The van der Waals surface area contributed by atoms with E-state index in [1.807, 2.05) is 12.1 Å². The van der Waals surface area contributed by atoms with E-state index in [0.29, 0.717) is 0 Å². The average Bonchev–Trinajstić information content (AvgIpc) is 2.34. The van der Waals surface area contributed by atoms with Crippen molar-refractivity contribution >= 4 is 0 Å². The summed E-state index contributed by atoms with van der Waals surface area (Å²) in [5.41, 5.74) is 1.17. The first-order chi connectivity index (χ1) is 7.83. The van der Waals surface area contributed by atoms with Gasteiger partial charge in [-0.1, -0.05) is 18.6 Å². The van der Waals surface area contributed by atoms with Crippen molar-refractivity contribution in [2.45, 2.75) is 25.7 Å². The Kier molecular flexibility index (Phi) is 5.72. The van der Waals surface area contributed by atoms with Crippen molar-refractivity contribution in [1.29, 1.82) is 0 Å². The van der Waals surface area contributed by atoms with Gasteiger partial charge in [0, 0.05) is 6.61 Å². The van der Waals surface area contributed by atoms with Gasteiger partial charge in [-0.3, -0.25) is 0 Å². The number of para-hydroxylation sites is 1. The van der Waals surface area contributed by atoms with Crippen molar-refractivity contribution < 1.29 is 14.6 Å². The van der Waals surface area contributed by atoms with Gasteiger partial charge >= 0.3 is 0 Å². The second kappa shape index (κ2) is 7.12. The molecule has 0 fully saturated rings. The van der Waals surface area contributed by atoms with Crippen LogP contribution in [-0.4, -0.2) is 25.9 Å². The van der Waals surface area contributed by atoms with Gasteiger partial charge in [0.1, 0.15) is 0 Å². The number of benzene rings is 1. The van der Waals surface area contributed by atoms with Crippen LogP contribution in [0.25, 0.3) is 0 Å². The lowest BCUT2D eigenvalue weighted by atomic mass is 10.1. The molecule has 0 saturated heterocycles. The van der Waals surface area contributed by atoms with E-state index in [-0.39, 0.29) is 6.61 Å². The number of rotatable bonds is 7. The quantitative estimate of drug-likeness (QED) is 0.723. The summed E-state index contributed by atoms with van der Waals surface area (Å²) in [4.78, 5) is 0. The number of methoxy groups -OCH3 is 2. The number of hydrogen-bond donors (Lipinski definition) is 1. The SMILES string of the molecule is COc1cccc(CCCCCO)c1OC. The lowest BCUT2D eigenvalue weighted by molar-refractivity contribution is 0.283. The molecular formula is C13H20O3. The minimum Gasteiger partial charge on any atom is -0.493 e. The summed E-state index contributed by atoms with van der Waals surface area (Å²) in [6.45, 7) is 0.273. The average molecular weight is 224 g/mol. The van der Waals surface area contributed by atoms with Gasteiger partial charge in [0.15, 0.2) is 11.5 Å². The van der Waals surface area contributed by atoms with Crippen LogP contribution in [0, 0.1) is 0 Å². The molecule has 0 aliphatic rings. The molecule has 0 aliphatic heterocycles. The van der Waals surface area contributed by atoms with Crippen LogP contribution in [-0.2, 0) is 6.42 Å². The van der Waals surface area contributed by atoms with E-state index in [4.69, 9.17) is 14.6 Å². The van der Waals surface area contributed by atoms with E-state index < -0.39 is 0 Å². The number of aliphatic hydroxyl groups is 1. The summed E-state index contributed by atoms with van der Waals surface area (Å²) in [5.74, 6) is 1.61. The molecule has 3 heteroatoms. The molecule has 0 atom stereocenters. The summed E-state index contributed by atoms with van der Waals surface area (Å²) < 4.78 is 10.6. The molecule has 1 N–H and O–H groups in total. The van der Waals surface area contributed by atoms with Crippen LogP contribution in [0.2, 0.25) is 0 Å². The van der Waals surface area contributed by atoms with E-state index in [9.17, 15) is 0 Å². The third-order valence-corrected chi connectivity index (χ3v) is 2.59. The van der Waals surface area contributed by atoms with Gasteiger partial charge in [0.05, 0.1) is 14.2 Å². The van der Waals surface area contributed by atoms with Gasteiger partial charge in [0.2, 0.25) is 0 Å². The number of hydrogen-bond acceptors (Lipinski definition) is 3. The minimum absolute atomic E-state index is 0.273. The van der Waals surface area contributed by atoms with Gasteiger partial charge < -0.3 is 14.6 Å². The van der Waals surface area contributed by atoms with Crippen LogP contribution in [0.5, 0.6) is 11.5 Å². The summed E-state index contributed by atoms with van der Waals surface area (Å²) in [6.07, 6.45) is 3.92. The third-order valence-electron chi connectivity index (χ3n) is 2.59. The van der Waals surface area contributed by atoms with Crippen molar-refractivity contribution in [2.24, 2.45) is 0 Å². The van der Waals surface area contributed by atoms with E-state index in [2.05, 4.69) is 6.07 Å². The van der Waals surface area contributed by atoms with Crippen molar-refractivity contribution in [3.05, 3.63) is 23.8 Å². The Morgan fingerprint density at radius 3 is 2.50 bits per heavy atom. The largest absolute Gasteiger partial charge is 0.493 e. The molecule has 0 heterocycles. The van der Waals surface area contributed by atoms with Crippen molar-refractivity contribution in [3.63, 3.8) is 0 Å². The molecule has 1 aromatic rings. The first-order valence-corrected chi connectivity index (χ1v) is 5.64. The lowest BCUT2D eigenvalue weighted by Gasteiger charge is -2.12. The highest BCUT2D eigenvalue weighted by atomic mass is 16.5. The second-order valence-corrected chi connectivity index (χ2v) is 3.69. The molecule has 0 aliphatic carbocycles. The predicted octanol–water partition coefficient (Wildman–Crippen LogP) is 2.41. The fourth-order valence-corrected chi connectivity index (χ4v) is 1.75. The van der Waals surface area contributed by atoms with Gasteiger partial charge in [-0.25, -0.2) is 0 Å². The van der Waals surface area contributed by atoms with Crippen LogP contribution in [0.1, 0.15) is 24.8 Å². The van der Waals surface area contributed by atoms with Crippen LogP contribution in [0.4, 0.5) is 0 Å². The first kappa shape index (κ1) is 12.8. The fraction of sp³-hybridized carbons (Fsp3) is 0.538. The monoisotopic (exact) mass is 224 g/mol. The molecule has 1 aromatic carbocycles. The summed E-state index contributed by atoms with van der Waals surface area (Å²) in [6, 6.07) is 5.93. The molecule has 3 nitrogen and oxygen atoms in total. The molecule has 0 spiro atoms. The molecule has 0 unspecified atom stereocenters. The highest BCUT2D eigenvalue weighted by Crippen LogP contribution is 2.31. The first-order valence-electron chi connectivity index (χ1n) is 5.64. The molecule has 0 aromatic heterocycles. The Hall–Kier alpha value is -1.22. The minimum atomic E-state index is 0.273. The summed E-state index contributed by atoms with van der Waals surface area (Å²) in [5, 5.41) is 8.70. The molecule has 0 amide bonds. The molecule has 16 heavy (non-hydrogen) atoms. The summed E-state index contributed by atoms with van der Waals surface area (Å²) >= 11 is 0. The Morgan fingerprint density at radius 2 is 1.88 bits per heavy atom. The van der Waals surface area contributed by atoms with Gasteiger partial charge in [-0.05, 0) is 30.9 Å². The number of ether oxygens (including phenoxy) is 2. The maximum atomic E-state index is 8.70. The van der Waals surface area contributed by atoms with Crippen LogP contribution in [0.15, 0.2) is 18.2 Å². The van der Waals surface area contributed by atoms with Crippen molar-refractivity contribution in [2.75, 3.05) is 20.8 Å². The van der Waals surface area contributed by atoms with E-state index in [0.717, 1.165) is 37.2 Å². The van der Waals surface area contributed by atoms with E-state index in [1.54, 1.807) is 14.2 Å². The maximum absolute atomic E-state index is 8.70. The molecule has 90 valence electrons. The number of unbranched alkanes of at least 4 members (excludes halogenated alkanes) is 2. The zero-order chi connectivity index (χ0) is 11.8. The van der Waals surface area contributed by atoms with Crippen molar-refractivity contribution in [3.8, 4) is 11.5 Å². The Morgan fingerprint density at radius 1 is 1.06 bits per heavy atom. The molecule has 0 radical (unpaired) electrons. The normalized spacial score (nSPS) is 10.2. The molecule has 0 bridgehead atoms. The summed E-state index contributed by atoms with van der Waals surface area (Å²) in [7, 11) is 3.31. The Balaban J connectivity index is 2.63. The van der Waals surface area contributed by atoms with Gasteiger partial charge in [-0.15, -0.1) is 0 Å². The van der Waals surface area contributed by atoms with Crippen molar-refractivity contribution in [1.82, 2.24) is 0 Å². The van der Waals surface area contributed by atoms with Gasteiger partial charge in [0.25, 0.3) is 0 Å². The predicted molar refractivity (Wildman–Crippen MR) is 64.2 cm³/mol. The maximum Gasteiger partial charge on any atom is 0.163 e. The second-order valence-electron chi connectivity index (χ2n) is 3.69. The molecule has 1 rings (SSSR count). The van der Waals surface area contributed by atoms with Crippen LogP contribution >= 0.6 is 0 Å². The third kappa shape index (κ3) is 3.42. The number of aliphatic hydroxyl groups excluding tert-OH is 1. The van der Waals surface area contributed by atoms with Crippen LogP contribution < -0.4 is 9.47 Å². The zero-order valence-corrected chi connectivity index (χ0v) is 10.0. The van der Waals surface area contributed by atoms with Crippen LogP contribution in [0.3, 0.4) is 0 Å². The topological polar surface area (TPSA) is 38.7 Å². The van der Waals surface area contributed by atoms with Gasteiger partial charge in [-0.2, -0.15) is 0 Å². The Labute approximate surface area is 97.0 Å². The smallest absolute Gasteiger partial charge is 0.163 e. The highest BCUT2D eigenvalue weighted by Gasteiger charge is 2.08.